The molecule has 0 saturated heterocycles. The highest BCUT2D eigenvalue weighted by Gasteiger charge is 2.08. The highest BCUT2D eigenvalue weighted by atomic mass is 127. The number of benzene rings is 2. The molecule has 22 heavy (non-hydrogen) atoms. The van der Waals surface area contributed by atoms with Gasteiger partial charge in [0.2, 0.25) is 5.91 Å². The fourth-order valence-electron chi connectivity index (χ4n) is 1.70. The first-order valence-electron chi connectivity index (χ1n) is 6.24. The number of halogens is 3. The lowest BCUT2D eigenvalue weighted by atomic mass is 10.1. The van der Waals surface area contributed by atoms with Crippen molar-refractivity contribution in [2.45, 2.75) is 6.42 Å². The summed E-state index contributed by atoms with van der Waals surface area (Å²) in [6.07, 6.45) is 0.246. The van der Waals surface area contributed by atoms with Gasteiger partial charge in [-0.1, -0.05) is 39.7 Å². The average molecular weight is 510 g/mol. The second-order valence-electron chi connectivity index (χ2n) is 4.43. The fourth-order valence-corrected chi connectivity index (χ4v) is 3.49. The lowest BCUT2D eigenvalue weighted by Gasteiger charge is -2.11. The zero-order valence-corrected chi connectivity index (χ0v) is 16.5. The zero-order valence-electron chi connectivity index (χ0n) is 11.2. The van der Waals surface area contributed by atoms with Crippen molar-refractivity contribution < 1.29 is 4.79 Å². The van der Waals surface area contributed by atoms with E-state index in [1.54, 1.807) is 12.1 Å². The van der Waals surface area contributed by atoms with Crippen molar-refractivity contribution in [3.05, 3.63) is 61.1 Å². The van der Waals surface area contributed by atoms with Crippen molar-refractivity contribution >= 4 is 79.0 Å². The Morgan fingerprint density at radius 2 is 1.91 bits per heavy atom. The van der Waals surface area contributed by atoms with E-state index in [2.05, 4.69) is 49.2 Å². The quantitative estimate of drug-likeness (QED) is 0.463. The lowest BCUT2D eigenvalue weighted by Crippen LogP contribution is -2.35. The highest BCUT2D eigenvalue weighted by molar-refractivity contribution is 14.1. The molecular formula is C15H11BrClIN2OS. The standard InChI is InChI=1S/C15H11BrClIN2OS/c16-10-3-6-13(12(18)8-10)19-15(22)20-14(21)7-9-1-4-11(17)5-2-9/h1-6,8H,7H2,(H2,19,20,21,22). The summed E-state index contributed by atoms with van der Waals surface area (Å²) in [5.41, 5.74) is 1.73. The molecule has 0 aliphatic rings. The summed E-state index contributed by atoms with van der Waals surface area (Å²) in [5.74, 6) is -0.174. The molecule has 0 spiro atoms. The maximum atomic E-state index is 12.0. The number of carbonyl (C=O) groups excluding carboxylic acids is 1. The fraction of sp³-hybridized carbons (Fsp3) is 0.0667. The number of anilines is 1. The van der Waals surface area contributed by atoms with Gasteiger partial charge in [-0.05, 0) is 70.7 Å². The van der Waals surface area contributed by atoms with Crippen molar-refractivity contribution in [2.75, 3.05) is 5.32 Å². The molecule has 0 heterocycles. The smallest absolute Gasteiger partial charge is 0.230 e. The monoisotopic (exact) mass is 508 g/mol. The lowest BCUT2D eigenvalue weighted by molar-refractivity contribution is -0.119. The Morgan fingerprint density at radius 1 is 1.23 bits per heavy atom. The van der Waals surface area contributed by atoms with Crippen LogP contribution in [0, 0.1) is 3.57 Å². The molecule has 0 fully saturated rings. The van der Waals surface area contributed by atoms with E-state index in [1.165, 1.54) is 0 Å². The molecule has 3 nitrogen and oxygen atoms in total. The van der Waals surface area contributed by atoms with Crippen LogP contribution in [-0.2, 0) is 11.2 Å². The van der Waals surface area contributed by atoms with Crippen LogP contribution in [0.25, 0.3) is 0 Å². The summed E-state index contributed by atoms with van der Waals surface area (Å²) in [5, 5.41) is 6.60. The van der Waals surface area contributed by atoms with E-state index in [0.717, 1.165) is 19.3 Å². The Labute approximate surface area is 161 Å². The number of amides is 1. The van der Waals surface area contributed by atoms with Crippen molar-refractivity contribution in [2.24, 2.45) is 0 Å². The van der Waals surface area contributed by atoms with Gasteiger partial charge in [-0.3, -0.25) is 4.79 Å². The third-order valence-electron chi connectivity index (χ3n) is 2.71. The van der Waals surface area contributed by atoms with Crippen molar-refractivity contribution in [3.63, 3.8) is 0 Å². The predicted octanol–water partition coefficient (Wildman–Crippen LogP) is 4.76. The Bertz CT molecular complexity index is 709. The molecular weight excluding hydrogens is 499 g/mol. The molecule has 0 aliphatic heterocycles. The Kier molecular flexibility index (Phi) is 6.61. The summed E-state index contributed by atoms with van der Waals surface area (Å²) in [6.45, 7) is 0. The first-order valence-corrected chi connectivity index (χ1v) is 8.90. The largest absolute Gasteiger partial charge is 0.332 e. The van der Waals surface area contributed by atoms with Gasteiger partial charge in [0.1, 0.15) is 0 Å². The Balaban J connectivity index is 1.91. The van der Waals surface area contributed by atoms with Crippen LogP contribution in [0.5, 0.6) is 0 Å². The molecule has 114 valence electrons. The summed E-state index contributed by atoms with van der Waals surface area (Å²) in [4.78, 5) is 12.0. The summed E-state index contributed by atoms with van der Waals surface area (Å²) in [6, 6.07) is 12.9. The minimum Gasteiger partial charge on any atom is -0.332 e. The molecule has 0 aliphatic carbocycles. The molecule has 2 rings (SSSR count). The predicted molar refractivity (Wildman–Crippen MR) is 106 cm³/mol. The molecule has 2 N–H and O–H groups in total. The molecule has 0 bridgehead atoms. The van der Waals surface area contributed by atoms with E-state index < -0.39 is 0 Å². The number of carbonyl (C=O) groups is 1. The molecule has 0 atom stereocenters. The number of hydrogen-bond acceptors (Lipinski definition) is 2. The minimum atomic E-state index is -0.174. The van der Waals surface area contributed by atoms with Gasteiger partial charge < -0.3 is 10.6 Å². The topological polar surface area (TPSA) is 41.1 Å². The van der Waals surface area contributed by atoms with Crippen LogP contribution in [0.3, 0.4) is 0 Å². The molecule has 7 heteroatoms. The van der Waals surface area contributed by atoms with E-state index >= 15 is 0 Å². The van der Waals surface area contributed by atoms with Crippen molar-refractivity contribution in [1.29, 1.82) is 0 Å². The van der Waals surface area contributed by atoms with Gasteiger partial charge in [0, 0.05) is 13.1 Å². The summed E-state index contributed by atoms with van der Waals surface area (Å²) < 4.78 is 1.99. The third kappa shape index (κ3) is 5.49. The van der Waals surface area contributed by atoms with Gasteiger partial charge in [-0.2, -0.15) is 0 Å². The maximum Gasteiger partial charge on any atom is 0.230 e. The van der Waals surface area contributed by atoms with Gasteiger partial charge in [0.15, 0.2) is 5.11 Å². The van der Waals surface area contributed by atoms with Gasteiger partial charge in [0.25, 0.3) is 0 Å². The van der Waals surface area contributed by atoms with E-state index in [4.69, 9.17) is 23.8 Å². The number of rotatable bonds is 3. The Morgan fingerprint density at radius 3 is 2.55 bits per heavy atom. The number of hydrogen-bond donors (Lipinski definition) is 2. The van der Waals surface area contributed by atoms with E-state index in [9.17, 15) is 4.79 Å². The molecule has 0 radical (unpaired) electrons. The van der Waals surface area contributed by atoms with Gasteiger partial charge in [0.05, 0.1) is 12.1 Å². The van der Waals surface area contributed by atoms with Crippen LogP contribution >= 0.6 is 62.3 Å². The minimum absolute atomic E-state index is 0.174. The third-order valence-corrected chi connectivity index (χ3v) is 4.55. The maximum absolute atomic E-state index is 12.0. The highest BCUT2D eigenvalue weighted by Crippen LogP contribution is 2.22. The van der Waals surface area contributed by atoms with Crippen LogP contribution in [0.4, 0.5) is 5.69 Å². The molecule has 2 aromatic rings. The molecule has 2 aromatic carbocycles. The second-order valence-corrected chi connectivity index (χ2v) is 7.35. The first kappa shape index (κ1) is 17.7. The Hall–Kier alpha value is -0.700. The van der Waals surface area contributed by atoms with Crippen LogP contribution < -0.4 is 10.6 Å². The van der Waals surface area contributed by atoms with Gasteiger partial charge in [-0.15, -0.1) is 0 Å². The van der Waals surface area contributed by atoms with Crippen molar-refractivity contribution in [1.82, 2.24) is 5.32 Å². The summed E-state index contributed by atoms with van der Waals surface area (Å²) >= 11 is 16.6. The molecule has 1 amide bonds. The molecule has 0 unspecified atom stereocenters. The van der Waals surface area contributed by atoms with Crippen LogP contribution in [0.2, 0.25) is 5.02 Å². The van der Waals surface area contributed by atoms with Gasteiger partial charge in [-0.25, -0.2) is 0 Å². The summed E-state index contributed by atoms with van der Waals surface area (Å²) in [7, 11) is 0. The van der Waals surface area contributed by atoms with Crippen LogP contribution in [0.1, 0.15) is 5.56 Å². The normalized spacial score (nSPS) is 10.1. The average Bonchev–Trinajstić information content (AvgIpc) is 2.44. The van der Waals surface area contributed by atoms with Crippen molar-refractivity contribution in [3.8, 4) is 0 Å². The van der Waals surface area contributed by atoms with E-state index in [0.29, 0.717) is 5.02 Å². The molecule has 0 saturated carbocycles. The van der Waals surface area contributed by atoms with Gasteiger partial charge >= 0.3 is 0 Å². The molecule has 0 aromatic heterocycles. The second kappa shape index (κ2) is 8.24. The van der Waals surface area contributed by atoms with E-state index in [-0.39, 0.29) is 17.4 Å². The van der Waals surface area contributed by atoms with Crippen LogP contribution in [-0.4, -0.2) is 11.0 Å². The number of nitrogens with one attached hydrogen (secondary N) is 2. The zero-order chi connectivity index (χ0) is 16.1. The first-order chi connectivity index (χ1) is 10.4. The van der Waals surface area contributed by atoms with Crippen LogP contribution in [0.15, 0.2) is 46.9 Å². The SMILES string of the molecule is O=C(Cc1ccc(Cl)cc1)NC(=S)Nc1ccc(Br)cc1I. The van der Waals surface area contributed by atoms with E-state index in [1.807, 2.05) is 30.3 Å². The number of thiocarbonyl (C=S) groups is 1.